The van der Waals surface area contributed by atoms with E-state index in [0.717, 1.165) is 51.3 Å². The van der Waals surface area contributed by atoms with Crippen LogP contribution in [0.1, 0.15) is 31.0 Å². The Morgan fingerprint density at radius 3 is 2.75 bits per heavy atom. The normalized spacial score (nSPS) is 23.9. The average Bonchev–Trinajstić information content (AvgIpc) is 2.72. The Bertz CT molecular complexity index is 407. The standard InChI is InChI=1S/C14H24N4O2/c1-12-15-14(16-20-12)11-17-6-3-13(4-7-17)18-5-2-9-19-10-8-18/h13H,2-11H2,1H3. The van der Waals surface area contributed by atoms with Crippen molar-refractivity contribution >= 4 is 0 Å². The van der Waals surface area contributed by atoms with Crippen molar-refractivity contribution < 1.29 is 9.26 Å². The smallest absolute Gasteiger partial charge is 0.223 e. The lowest BCUT2D eigenvalue weighted by Crippen LogP contribution is -2.45. The molecule has 112 valence electrons. The molecule has 3 rings (SSSR count). The van der Waals surface area contributed by atoms with Crippen LogP contribution in [0.4, 0.5) is 0 Å². The van der Waals surface area contributed by atoms with Crippen LogP contribution in [0.25, 0.3) is 0 Å². The predicted octanol–water partition coefficient (Wildman–Crippen LogP) is 1.06. The molecule has 0 spiro atoms. The van der Waals surface area contributed by atoms with E-state index in [0.29, 0.717) is 5.89 Å². The van der Waals surface area contributed by atoms with Gasteiger partial charge >= 0.3 is 0 Å². The van der Waals surface area contributed by atoms with Crippen LogP contribution in [0.3, 0.4) is 0 Å². The molecule has 0 unspecified atom stereocenters. The highest BCUT2D eigenvalue weighted by molar-refractivity contribution is 4.87. The number of piperidine rings is 1. The van der Waals surface area contributed by atoms with Gasteiger partial charge < -0.3 is 9.26 Å². The maximum atomic E-state index is 5.54. The Balaban J connectivity index is 1.46. The number of aryl methyl sites for hydroxylation is 1. The van der Waals surface area contributed by atoms with E-state index in [9.17, 15) is 0 Å². The van der Waals surface area contributed by atoms with Gasteiger partial charge in [0.1, 0.15) is 0 Å². The third kappa shape index (κ3) is 3.56. The second-order valence-corrected chi connectivity index (χ2v) is 5.74. The van der Waals surface area contributed by atoms with Gasteiger partial charge in [0.05, 0.1) is 13.2 Å². The molecule has 1 aromatic heterocycles. The summed E-state index contributed by atoms with van der Waals surface area (Å²) in [6.07, 6.45) is 3.63. The number of likely N-dealkylation sites (tertiary alicyclic amines) is 1. The summed E-state index contributed by atoms with van der Waals surface area (Å²) < 4.78 is 10.6. The highest BCUT2D eigenvalue weighted by Crippen LogP contribution is 2.19. The molecule has 20 heavy (non-hydrogen) atoms. The SMILES string of the molecule is Cc1nc(CN2CCC(N3CCCOCC3)CC2)no1. The number of ether oxygens (including phenoxy) is 1. The lowest BCUT2D eigenvalue weighted by Gasteiger charge is -2.37. The molecule has 0 aromatic carbocycles. The van der Waals surface area contributed by atoms with Crippen molar-refractivity contribution in [2.24, 2.45) is 0 Å². The highest BCUT2D eigenvalue weighted by Gasteiger charge is 2.25. The van der Waals surface area contributed by atoms with Crippen molar-refractivity contribution in [2.45, 2.75) is 38.8 Å². The lowest BCUT2D eigenvalue weighted by molar-refractivity contribution is 0.0930. The predicted molar refractivity (Wildman–Crippen MR) is 74.3 cm³/mol. The minimum absolute atomic E-state index is 0.652. The summed E-state index contributed by atoms with van der Waals surface area (Å²) in [7, 11) is 0. The topological polar surface area (TPSA) is 54.6 Å². The van der Waals surface area contributed by atoms with E-state index >= 15 is 0 Å². The van der Waals surface area contributed by atoms with Gasteiger partial charge in [-0.15, -0.1) is 0 Å². The maximum absolute atomic E-state index is 5.54. The van der Waals surface area contributed by atoms with Gasteiger partial charge in [-0.1, -0.05) is 5.16 Å². The molecule has 2 aliphatic heterocycles. The van der Waals surface area contributed by atoms with Crippen LogP contribution in [0.15, 0.2) is 4.52 Å². The molecule has 2 fully saturated rings. The van der Waals surface area contributed by atoms with E-state index in [1.54, 1.807) is 0 Å². The largest absolute Gasteiger partial charge is 0.380 e. The number of rotatable bonds is 3. The summed E-state index contributed by atoms with van der Waals surface area (Å²) in [6, 6.07) is 0.722. The number of aromatic nitrogens is 2. The molecule has 6 nitrogen and oxygen atoms in total. The van der Waals surface area contributed by atoms with Crippen molar-refractivity contribution in [3.63, 3.8) is 0 Å². The van der Waals surface area contributed by atoms with Crippen LogP contribution in [-0.4, -0.2) is 65.4 Å². The molecule has 0 saturated carbocycles. The van der Waals surface area contributed by atoms with Gasteiger partial charge in [-0.3, -0.25) is 9.80 Å². The van der Waals surface area contributed by atoms with E-state index in [1.807, 2.05) is 6.92 Å². The molecular formula is C14H24N4O2. The van der Waals surface area contributed by atoms with Gasteiger partial charge in [0, 0.05) is 45.8 Å². The summed E-state index contributed by atoms with van der Waals surface area (Å²) in [5.74, 6) is 1.46. The van der Waals surface area contributed by atoms with E-state index in [1.165, 1.54) is 25.8 Å². The van der Waals surface area contributed by atoms with Crippen molar-refractivity contribution in [1.29, 1.82) is 0 Å². The first kappa shape index (κ1) is 14.0. The summed E-state index contributed by atoms with van der Waals surface area (Å²) in [5.41, 5.74) is 0. The summed E-state index contributed by atoms with van der Waals surface area (Å²) in [4.78, 5) is 9.32. The van der Waals surface area contributed by atoms with E-state index < -0.39 is 0 Å². The molecular weight excluding hydrogens is 256 g/mol. The minimum atomic E-state index is 0.652. The van der Waals surface area contributed by atoms with Crippen LogP contribution in [-0.2, 0) is 11.3 Å². The van der Waals surface area contributed by atoms with E-state index in [4.69, 9.17) is 9.26 Å². The Hall–Kier alpha value is -0.980. The zero-order valence-electron chi connectivity index (χ0n) is 12.3. The zero-order chi connectivity index (χ0) is 13.8. The maximum Gasteiger partial charge on any atom is 0.223 e. The summed E-state index contributed by atoms with van der Waals surface area (Å²) in [5, 5.41) is 3.98. The van der Waals surface area contributed by atoms with Crippen molar-refractivity contribution in [3.8, 4) is 0 Å². The molecule has 0 amide bonds. The third-order valence-corrected chi connectivity index (χ3v) is 4.27. The molecule has 0 N–H and O–H groups in total. The van der Waals surface area contributed by atoms with Crippen LogP contribution in [0, 0.1) is 6.92 Å². The first-order valence-electron chi connectivity index (χ1n) is 7.64. The molecule has 2 saturated heterocycles. The lowest BCUT2D eigenvalue weighted by atomic mass is 10.0. The van der Waals surface area contributed by atoms with Crippen molar-refractivity contribution in [2.75, 3.05) is 39.4 Å². The fourth-order valence-corrected chi connectivity index (χ4v) is 3.18. The highest BCUT2D eigenvalue weighted by atomic mass is 16.5. The molecule has 2 aliphatic rings. The van der Waals surface area contributed by atoms with Crippen molar-refractivity contribution in [1.82, 2.24) is 19.9 Å². The zero-order valence-corrected chi connectivity index (χ0v) is 12.3. The first-order valence-corrected chi connectivity index (χ1v) is 7.64. The molecule has 6 heteroatoms. The molecule has 3 heterocycles. The van der Waals surface area contributed by atoms with Gasteiger partial charge in [0.15, 0.2) is 5.82 Å². The van der Waals surface area contributed by atoms with Gasteiger partial charge in [-0.05, 0) is 19.3 Å². The number of hydrogen-bond acceptors (Lipinski definition) is 6. The van der Waals surface area contributed by atoms with Crippen molar-refractivity contribution in [3.05, 3.63) is 11.7 Å². The average molecular weight is 280 g/mol. The van der Waals surface area contributed by atoms with Crippen LogP contribution >= 0.6 is 0 Å². The molecule has 0 bridgehead atoms. The second kappa shape index (κ2) is 6.65. The molecule has 0 radical (unpaired) electrons. The van der Waals surface area contributed by atoms with Gasteiger partial charge in [0.2, 0.25) is 5.89 Å². The molecule has 1 aromatic rings. The fourth-order valence-electron chi connectivity index (χ4n) is 3.18. The van der Waals surface area contributed by atoms with Crippen LogP contribution < -0.4 is 0 Å². The minimum Gasteiger partial charge on any atom is -0.380 e. The summed E-state index contributed by atoms with van der Waals surface area (Å²) in [6.45, 7) is 8.99. The number of hydrogen-bond donors (Lipinski definition) is 0. The van der Waals surface area contributed by atoms with Gasteiger partial charge in [-0.2, -0.15) is 4.98 Å². The van der Waals surface area contributed by atoms with E-state index in [-0.39, 0.29) is 0 Å². The summed E-state index contributed by atoms with van der Waals surface area (Å²) >= 11 is 0. The third-order valence-electron chi connectivity index (χ3n) is 4.27. The Labute approximate surface area is 120 Å². The Morgan fingerprint density at radius 2 is 2.00 bits per heavy atom. The first-order chi connectivity index (χ1) is 9.81. The van der Waals surface area contributed by atoms with Crippen LogP contribution in [0.2, 0.25) is 0 Å². The fraction of sp³-hybridized carbons (Fsp3) is 0.857. The van der Waals surface area contributed by atoms with Crippen LogP contribution in [0.5, 0.6) is 0 Å². The van der Waals surface area contributed by atoms with Gasteiger partial charge in [0.25, 0.3) is 0 Å². The Morgan fingerprint density at radius 1 is 1.15 bits per heavy atom. The molecule has 0 aliphatic carbocycles. The number of nitrogens with zero attached hydrogens (tertiary/aromatic N) is 4. The Kier molecular flexibility index (Phi) is 4.65. The van der Waals surface area contributed by atoms with Gasteiger partial charge in [-0.25, -0.2) is 0 Å². The van der Waals surface area contributed by atoms with E-state index in [2.05, 4.69) is 19.9 Å². The molecule has 0 atom stereocenters. The quantitative estimate of drug-likeness (QED) is 0.825. The second-order valence-electron chi connectivity index (χ2n) is 5.74. The monoisotopic (exact) mass is 280 g/mol.